The number of hydrogen-bond donors (Lipinski definition) is 0. The van der Waals surface area contributed by atoms with Gasteiger partial charge in [0.05, 0.1) is 21.8 Å². The number of anilines is 5. The van der Waals surface area contributed by atoms with Gasteiger partial charge < -0.3 is 9.80 Å². The van der Waals surface area contributed by atoms with E-state index >= 15 is 0 Å². The van der Waals surface area contributed by atoms with Gasteiger partial charge in [0.15, 0.2) is 0 Å². The summed E-state index contributed by atoms with van der Waals surface area (Å²) < 4.78 is 2.63. The molecule has 3 aliphatic rings. The maximum absolute atomic E-state index is 2.58. The lowest BCUT2D eigenvalue weighted by atomic mass is 9.67. The molecule has 302 valence electrons. The summed E-state index contributed by atoms with van der Waals surface area (Å²) in [5, 5.41) is 2.57. The van der Waals surface area contributed by atoms with Crippen LogP contribution >= 0.6 is 11.3 Å². The van der Waals surface area contributed by atoms with Crippen molar-refractivity contribution in [2.45, 2.75) is 17.4 Å². The van der Waals surface area contributed by atoms with E-state index in [4.69, 9.17) is 0 Å². The zero-order valence-corrected chi connectivity index (χ0v) is 35.9. The van der Waals surface area contributed by atoms with E-state index < -0.39 is 5.41 Å². The third-order valence-electron chi connectivity index (χ3n) is 13.9. The molecule has 10 aromatic rings. The topological polar surface area (TPSA) is 6.48 Å². The zero-order valence-electron chi connectivity index (χ0n) is 35.1. The minimum Gasteiger partial charge on any atom is -0.332 e. The summed E-state index contributed by atoms with van der Waals surface area (Å²) >= 11 is 1.92. The molecule has 2 nitrogen and oxygen atoms in total. The molecule has 64 heavy (non-hydrogen) atoms. The number of fused-ring (bicyclic) bond motifs is 10. The van der Waals surface area contributed by atoms with Crippen molar-refractivity contribution in [1.82, 2.24) is 0 Å². The van der Waals surface area contributed by atoms with Gasteiger partial charge in [0, 0.05) is 44.1 Å². The van der Waals surface area contributed by atoms with Crippen molar-refractivity contribution in [3.05, 3.63) is 271 Å². The monoisotopic (exact) mass is 834 g/mol. The number of para-hydroxylation sites is 1. The second kappa shape index (κ2) is 14.7. The van der Waals surface area contributed by atoms with Crippen LogP contribution in [-0.4, -0.2) is 6.04 Å². The van der Waals surface area contributed by atoms with Gasteiger partial charge in [0.25, 0.3) is 0 Å². The Hall–Kier alpha value is -7.72. The van der Waals surface area contributed by atoms with Gasteiger partial charge in [-0.05, 0) is 105 Å². The minimum atomic E-state index is -0.507. The Morgan fingerprint density at radius 1 is 0.453 bits per heavy atom. The molecule has 0 spiro atoms. The van der Waals surface area contributed by atoms with E-state index in [9.17, 15) is 0 Å². The first-order chi connectivity index (χ1) is 31.8. The molecule has 1 aromatic heterocycles. The number of allylic oxidation sites excluding steroid dienone is 2. The highest BCUT2D eigenvalue weighted by atomic mass is 32.1. The smallest absolute Gasteiger partial charge is 0.0714 e. The minimum absolute atomic E-state index is 0.243. The van der Waals surface area contributed by atoms with Crippen molar-refractivity contribution in [3.63, 3.8) is 0 Å². The first-order valence-electron chi connectivity index (χ1n) is 22.3. The molecule has 0 amide bonds. The highest BCUT2D eigenvalue weighted by Crippen LogP contribution is 2.58. The molecular weight excluding hydrogens is 793 g/mol. The van der Waals surface area contributed by atoms with E-state index in [1.807, 2.05) is 11.3 Å². The maximum Gasteiger partial charge on any atom is 0.0714 e. The first kappa shape index (κ1) is 36.9. The molecule has 2 heterocycles. The molecule has 0 radical (unpaired) electrons. The Kier molecular flexibility index (Phi) is 8.47. The predicted molar refractivity (Wildman–Crippen MR) is 270 cm³/mol. The van der Waals surface area contributed by atoms with E-state index in [0.29, 0.717) is 5.92 Å². The summed E-state index contributed by atoms with van der Waals surface area (Å²) in [4.78, 5) is 5.04. The Morgan fingerprint density at radius 2 is 1.05 bits per heavy atom. The van der Waals surface area contributed by atoms with Gasteiger partial charge >= 0.3 is 0 Å². The van der Waals surface area contributed by atoms with Crippen molar-refractivity contribution < 1.29 is 0 Å². The maximum atomic E-state index is 2.58. The largest absolute Gasteiger partial charge is 0.332 e. The Labute approximate surface area is 378 Å². The number of rotatable bonds is 7. The zero-order chi connectivity index (χ0) is 42.2. The molecular formula is C61H42N2S. The SMILES string of the molecule is C1=CC2c3ccc4c(sc5ccc(N(c6ccc(-c7ccccc7)cc6)c6ccc7c(c6)C(c6ccccc6)(c6ccccc6)c6ccccc6-7)cc54)c3N(c3ccccc3)C2C=C1. The summed E-state index contributed by atoms with van der Waals surface area (Å²) in [6.07, 6.45) is 9.17. The third kappa shape index (κ3) is 5.51. The number of nitrogens with zero attached hydrogens (tertiary/aromatic N) is 2. The van der Waals surface area contributed by atoms with Crippen molar-refractivity contribution >= 4 is 59.9 Å². The van der Waals surface area contributed by atoms with Crippen molar-refractivity contribution in [3.8, 4) is 22.3 Å². The van der Waals surface area contributed by atoms with E-state index in [2.05, 4.69) is 252 Å². The Bertz CT molecular complexity index is 3400. The van der Waals surface area contributed by atoms with E-state index in [0.717, 1.165) is 17.1 Å². The fourth-order valence-corrected chi connectivity index (χ4v) is 12.3. The number of thiophene rings is 1. The van der Waals surface area contributed by atoms with Crippen molar-refractivity contribution in [2.24, 2.45) is 0 Å². The summed E-state index contributed by atoms with van der Waals surface area (Å²) in [5.74, 6) is 0.310. The van der Waals surface area contributed by atoms with Crippen LogP contribution in [-0.2, 0) is 5.41 Å². The molecule has 2 atom stereocenters. The van der Waals surface area contributed by atoms with Crippen LogP contribution in [0.2, 0.25) is 0 Å². The van der Waals surface area contributed by atoms with Crippen LogP contribution in [0.15, 0.2) is 243 Å². The summed E-state index contributed by atoms with van der Waals surface area (Å²) in [6, 6.07) is 81.2. The third-order valence-corrected chi connectivity index (χ3v) is 15.1. The summed E-state index contributed by atoms with van der Waals surface area (Å²) in [6.45, 7) is 0. The second-order valence-electron chi connectivity index (χ2n) is 17.2. The average molecular weight is 835 g/mol. The molecule has 2 unspecified atom stereocenters. The number of hydrogen-bond acceptors (Lipinski definition) is 3. The Morgan fingerprint density at radius 3 is 1.80 bits per heavy atom. The van der Waals surface area contributed by atoms with Crippen LogP contribution in [0.4, 0.5) is 28.4 Å². The molecule has 1 aliphatic heterocycles. The molecule has 0 N–H and O–H groups in total. The van der Waals surface area contributed by atoms with Crippen LogP contribution < -0.4 is 9.80 Å². The van der Waals surface area contributed by atoms with Crippen LogP contribution in [0.3, 0.4) is 0 Å². The van der Waals surface area contributed by atoms with Gasteiger partial charge in [-0.25, -0.2) is 0 Å². The van der Waals surface area contributed by atoms with E-state index in [1.165, 1.54) is 81.6 Å². The van der Waals surface area contributed by atoms with Gasteiger partial charge in [-0.15, -0.1) is 11.3 Å². The molecule has 3 heteroatoms. The van der Waals surface area contributed by atoms with Gasteiger partial charge in [0.2, 0.25) is 0 Å². The molecule has 0 saturated carbocycles. The lowest BCUT2D eigenvalue weighted by Crippen LogP contribution is -2.28. The van der Waals surface area contributed by atoms with Crippen LogP contribution in [0, 0.1) is 0 Å². The lowest BCUT2D eigenvalue weighted by molar-refractivity contribution is 0.745. The van der Waals surface area contributed by atoms with Crippen LogP contribution in [0.25, 0.3) is 42.4 Å². The van der Waals surface area contributed by atoms with E-state index in [-0.39, 0.29) is 6.04 Å². The lowest BCUT2D eigenvalue weighted by Gasteiger charge is -2.35. The molecule has 9 aromatic carbocycles. The second-order valence-corrected chi connectivity index (χ2v) is 18.2. The quantitative estimate of drug-likeness (QED) is 0.158. The van der Waals surface area contributed by atoms with Gasteiger partial charge in [0.1, 0.15) is 0 Å². The van der Waals surface area contributed by atoms with E-state index in [1.54, 1.807) is 0 Å². The fraction of sp³-hybridized carbons (Fsp3) is 0.0492. The van der Waals surface area contributed by atoms with Crippen LogP contribution in [0.1, 0.15) is 33.7 Å². The summed E-state index contributed by atoms with van der Waals surface area (Å²) in [5.41, 5.74) is 16.9. The van der Waals surface area contributed by atoms with Crippen molar-refractivity contribution in [1.29, 1.82) is 0 Å². The average Bonchev–Trinajstić information content (AvgIpc) is 4.02. The van der Waals surface area contributed by atoms with Gasteiger partial charge in [-0.3, -0.25) is 0 Å². The molecule has 2 aliphatic carbocycles. The number of benzene rings is 9. The summed E-state index contributed by atoms with van der Waals surface area (Å²) in [7, 11) is 0. The molecule has 0 fully saturated rings. The van der Waals surface area contributed by atoms with Gasteiger partial charge in [-0.2, -0.15) is 0 Å². The van der Waals surface area contributed by atoms with Crippen LogP contribution in [0.5, 0.6) is 0 Å². The molecule has 0 saturated heterocycles. The Balaban J connectivity index is 1.03. The highest BCUT2D eigenvalue weighted by molar-refractivity contribution is 7.26. The fourth-order valence-electron chi connectivity index (χ4n) is 11.1. The predicted octanol–water partition coefficient (Wildman–Crippen LogP) is 16.3. The molecule has 0 bridgehead atoms. The van der Waals surface area contributed by atoms with Crippen molar-refractivity contribution in [2.75, 3.05) is 9.80 Å². The normalized spacial score (nSPS) is 16.4. The first-order valence-corrected chi connectivity index (χ1v) is 23.1. The molecule has 13 rings (SSSR count). The van der Waals surface area contributed by atoms with Gasteiger partial charge in [-0.1, -0.05) is 188 Å². The highest BCUT2D eigenvalue weighted by Gasteiger charge is 2.46. The standard InChI is InChI=1S/C61H42N2S/c1-5-17-41(18-6-1)42-29-31-46(32-30-42)62(48-33-35-50-49-25-13-15-27-55(49)61(56(50)40-48,43-19-7-2-8-20-43)44-21-9-3-10-22-44)47-34-38-58-54(39-47)53-37-36-52-51-26-14-16-28-57(51)63(59(52)60(53)64-58)45-23-11-4-12-24-45/h1-40,51,57H.